The van der Waals surface area contributed by atoms with Gasteiger partial charge in [-0.3, -0.25) is 0 Å². The summed E-state index contributed by atoms with van der Waals surface area (Å²) in [7, 11) is 0. The highest BCUT2D eigenvalue weighted by molar-refractivity contribution is 9.10. The maximum absolute atomic E-state index is 10.2. The molecular weight excluding hydrogens is 228 g/mol. The quantitative estimate of drug-likeness (QED) is 0.801. The van der Waals surface area contributed by atoms with Crippen molar-refractivity contribution in [1.82, 2.24) is 0 Å². The second-order valence-corrected chi connectivity index (χ2v) is 4.80. The third-order valence-electron chi connectivity index (χ3n) is 3.01. The molecule has 2 rings (SSSR count). The van der Waals surface area contributed by atoms with Crippen molar-refractivity contribution < 1.29 is 5.11 Å². The van der Waals surface area contributed by atoms with E-state index < -0.39 is 5.60 Å². The molecule has 1 fully saturated rings. The average molecular weight is 241 g/mol. The van der Waals surface area contributed by atoms with E-state index in [1.807, 2.05) is 25.1 Å². The fraction of sp³-hybridized carbons (Fsp3) is 0.455. The van der Waals surface area contributed by atoms with Gasteiger partial charge in [0.25, 0.3) is 0 Å². The van der Waals surface area contributed by atoms with Gasteiger partial charge >= 0.3 is 0 Å². The zero-order valence-corrected chi connectivity index (χ0v) is 9.43. The van der Waals surface area contributed by atoms with Gasteiger partial charge in [-0.25, -0.2) is 0 Å². The van der Waals surface area contributed by atoms with Crippen molar-refractivity contribution in [2.24, 2.45) is 5.92 Å². The first kappa shape index (κ1) is 9.22. The smallest absolute Gasteiger partial charge is 0.0929 e. The average Bonchev–Trinajstić information content (AvgIpc) is 2.67. The molecule has 13 heavy (non-hydrogen) atoms. The van der Waals surface area contributed by atoms with Gasteiger partial charge in [0.15, 0.2) is 0 Å². The second kappa shape index (κ2) is 2.82. The molecule has 70 valence electrons. The summed E-state index contributed by atoms with van der Waals surface area (Å²) in [6.45, 7) is 4.13. The van der Waals surface area contributed by atoms with E-state index in [2.05, 4.69) is 22.9 Å². The van der Waals surface area contributed by atoms with Gasteiger partial charge in [-0.1, -0.05) is 35.0 Å². The standard InChI is InChI=1S/C11H13BrO/c1-7-6-11(7,13)9-4-3-5-10(12)8(9)2/h3-5,7,13H,6H2,1-2H3. The Kier molecular flexibility index (Phi) is 2.00. The van der Waals surface area contributed by atoms with Gasteiger partial charge in [-0.05, 0) is 36.5 Å². The summed E-state index contributed by atoms with van der Waals surface area (Å²) in [5.41, 5.74) is 1.69. The predicted octanol–water partition coefficient (Wildman–Crippen LogP) is 2.98. The molecule has 1 aliphatic rings. The van der Waals surface area contributed by atoms with Crippen LogP contribution < -0.4 is 0 Å². The van der Waals surface area contributed by atoms with Crippen molar-refractivity contribution in [3.05, 3.63) is 33.8 Å². The Labute approximate surface area is 86.9 Å². The number of hydrogen-bond donors (Lipinski definition) is 1. The molecule has 1 N–H and O–H groups in total. The third-order valence-corrected chi connectivity index (χ3v) is 3.87. The van der Waals surface area contributed by atoms with Crippen molar-refractivity contribution in [2.75, 3.05) is 0 Å². The molecule has 0 saturated heterocycles. The van der Waals surface area contributed by atoms with Crippen LogP contribution in [0.5, 0.6) is 0 Å². The first-order valence-corrected chi connectivity index (χ1v) is 5.33. The van der Waals surface area contributed by atoms with E-state index in [0.717, 1.165) is 22.0 Å². The first-order valence-electron chi connectivity index (χ1n) is 4.53. The molecule has 0 bridgehead atoms. The Bertz CT molecular complexity index is 348. The van der Waals surface area contributed by atoms with Gasteiger partial charge in [-0.15, -0.1) is 0 Å². The molecule has 2 atom stereocenters. The molecule has 1 aliphatic carbocycles. The van der Waals surface area contributed by atoms with Crippen LogP contribution in [0.1, 0.15) is 24.5 Å². The minimum absolute atomic E-state index is 0.403. The fourth-order valence-corrected chi connectivity index (χ4v) is 2.23. The number of halogens is 1. The normalized spacial score (nSPS) is 31.8. The summed E-state index contributed by atoms with van der Waals surface area (Å²) >= 11 is 3.48. The van der Waals surface area contributed by atoms with Crippen molar-refractivity contribution in [3.63, 3.8) is 0 Å². The van der Waals surface area contributed by atoms with Gasteiger partial charge in [-0.2, -0.15) is 0 Å². The predicted molar refractivity (Wildman–Crippen MR) is 56.6 cm³/mol. The van der Waals surface area contributed by atoms with Crippen LogP contribution in [-0.2, 0) is 5.60 Å². The summed E-state index contributed by atoms with van der Waals surface area (Å²) < 4.78 is 1.08. The maximum atomic E-state index is 10.2. The molecular formula is C11H13BrO. The Morgan fingerprint density at radius 2 is 2.15 bits per heavy atom. The molecule has 2 unspecified atom stereocenters. The van der Waals surface area contributed by atoms with E-state index in [1.54, 1.807) is 0 Å². The fourth-order valence-electron chi connectivity index (χ4n) is 1.86. The van der Waals surface area contributed by atoms with Crippen LogP contribution in [-0.4, -0.2) is 5.11 Å². The monoisotopic (exact) mass is 240 g/mol. The maximum Gasteiger partial charge on any atom is 0.0929 e. The van der Waals surface area contributed by atoms with Crippen LogP contribution in [0.2, 0.25) is 0 Å². The molecule has 0 spiro atoms. The summed E-state index contributed by atoms with van der Waals surface area (Å²) in [6.07, 6.45) is 0.893. The van der Waals surface area contributed by atoms with Gasteiger partial charge < -0.3 is 5.11 Å². The van der Waals surface area contributed by atoms with Crippen LogP contribution in [0.15, 0.2) is 22.7 Å². The van der Waals surface area contributed by atoms with E-state index >= 15 is 0 Å². The van der Waals surface area contributed by atoms with E-state index in [4.69, 9.17) is 0 Å². The number of hydrogen-bond acceptors (Lipinski definition) is 1. The highest BCUT2D eigenvalue weighted by atomic mass is 79.9. The lowest BCUT2D eigenvalue weighted by Crippen LogP contribution is -2.09. The number of rotatable bonds is 1. The van der Waals surface area contributed by atoms with Gasteiger partial charge in [0.2, 0.25) is 0 Å². The summed E-state index contributed by atoms with van der Waals surface area (Å²) in [6, 6.07) is 6.01. The molecule has 0 heterocycles. The lowest BCUT2D eigenvalue weighted by atomic mass is 10.0. The van der Waals surface area contributed by atoms with Crippen molar-refractivity contribution in [3.8, 4) is 0 Å². The van der Waals surface area contributed by atoms with Crippen molar-refractivity contribution >= 4 is 15.9 Å². The zero-order valence-electron chi connectivity index (χ0n) is 7.84. The van der Waals surface area contributed by atoms with Crippen molar-refractivity contribution in [1.29, 1.82) is 0 Å². The van der Waals surface area contributed by atoms with Gasteiger partial charge in [0, 0.05) is 4.47 Å². The highest BCUT2D eigenvalue weighted by Gasteiger charge is 2.51. The van der Waals surface area contributed by atoms with Crippen LogP contribution in [0, 0.1) is 12.8 Å². The number of benzene rings is 1. The Hall–Kier alpha value is -0.340. The van der Waals surface area contributed by atoms with Crippen LogP contribution in [0.3, 0.4) is 0 Å². The number of aliphatic hydroxyl groups is 1. The second-order valence-electron chi connectivity index (χ2n) is 3.94. The lowest BCUT2D eigenvalue weighted by Gasteiger charge is -2.13. The summed E-state index contributed by atoms with van der Waals surface area (Å²) in [5, 5.41) is 10.2. The molecule has 0 aromatic heterocycles. The van der Waals surface area contributed by atoms with Crippen LogP contribution in [0.25, 0.3) is 0 Å². The molecule has 1 saturated carbocycles. The topological polar surface area (TPSA) is 20.2 Å². The molecule has 1 aromatic carbocycles. The van der Waals surface area contributed by atoms with Gasteiger partial charge in [0.05, 0.1) is 5.60 Å². The molecule has 0 radical (unpaired) electrons. The Morgan fingerprint density at radius 1 is 1.54 bits per heavy atom. The van der Waals surface area contributed by atoms with Crippen LogP contribution >= 0.6 is 15.9 Å². The Morgan fingerprint density at radius 3 is 2.69 bits per heavy atom. The largest absolute Gasteiger partial charge is 0.385 e. The molecule has 0 amide bonds. The van der Waals surface area contributed by atoms with E-state index in [0.29, 0.717) is 5.92 Å². The third kappa shape index (κ3) is 1.32. The minimum Gasteiger partial charge on any atom is -0.385 e. The lowest BCUT2D eigenvalue weighted by molar-refractivity contribution is 0.134. The molecule has 2 heteroatoms. The van der Waals surface area contributed by atoms with E-state index in [9.17, 15) is 5.11 Å². The minimum atomic E-state index is -0.548. The van der Waals surface area contributed by atoms with E-state index in [1.165, 1.54) is 0 Å². The van der Waals surface area contributed by atoms with E-state index in [-0.39, 0.29) is 0 Å². The molecule has 0 aliphatic heterocycles. The molecule has 1 nitrogen and oxygen atoms in total. The van der Waals surface area contributed by atoms with Crippen LogP contribution in [0.4, 0.5) is 0 Å². The first-order chi connectivity index (χ1) is 6.05. The molecule has 1 aromatic rings. The van der Waals surface area contributed by atoms with Gasteiger partial charge in [0.1, 0.15) is 0 Å². The highest BCUT2D eigenvalue weighted by Crippen LogP contribution is 2.52. The Balaban J connectivity index is 2.47. The summed E-state index contributed by atoms with van der Waals surface area (Å²) in [4.78, 5) is 0. The SMILES string of the molecule is Cc1c(Br)cccc1C1(O)CC1C. The summed E-state index contributed by atoms with van der Waals surface area (Å²) in [5.74, 6) is 0.403. The van der Waals surface area contributed by atoms with Crippen molar-refractivity contribution in [2.45, 2.75) is 25.9 Å². The zero-order chi connectivity index (χ0) is 9.64.